The Hall–Kier alpha value is -0.460. The summed E-state index contributed by atoms with van der Waals surface area (Å²) < 4.78 is 0. The molecule has 0 unspecified atom stereocenters. The highest BCUT2D eigenvalue weighted by molar-refractivity contribution is 4.97. The molecular weight excluding hydrogens is 122 g/mol. The molecule has 0 aromatic carbocycles. The summed E-state index contributed by atoms with van der Waals surface area (Å²) in [6, 6.07) is 0. The van der Waals surface area contributed by atoms with Gasteiger partial charge < -0.3 is 5.32 Å². The third-order valence-electron chi connectivity index (χ3n) is 1.43. The minimum atomic E-state index is 1.11. The molecule has 0 aliphatic heterocycles. The van der Waals surface area contributed by atoms with Crippen LogP contribution in [-0.4, -0.2) is 6.54 Å². The lowest BCUT2D eigenvalue weighted by molar-refractivity contribution is 0.737. The Balaban J connectivity index is 3.49. The second-order valence-corrected chi connectivity index (χ2v) is 2.42. The Morgan fingerprint density at radius 2 is 2.00 bits per heavy atom. The third-order valence-corrected chi connectivity index (χ3v) is 1.43. The summed E-state index contributed by atoms with van der Waals surface area (Å²) in [5.74, 6) is 0. The van der Waals surface area contributed by atoms with Gasteiger partial charge in [0.05, 0.1) is 0 Å². The van der Waals surface area contributed by atoms with Crippen LogP contribution in [0.15, 0.2) is 11.8 Å². The Labute approximate surface area is 64.5 Å². The molecule has 0 aliphatic carbocycles. The second-order valence-electron chi connectivity index (χ2n) is 2.42. The van der Waals surface area contributed by atoms with Gasteiger partial charge in [-0.2, -0.15) is 0 Å². The van der Waals surface area contributed by atoms with E-state index in [1.54, 1.807) is 0 Å². The molecule has 0 saturated heterocycles. The first-order valence-corrected chi connectivity index (χ1v) is 4.28. The Morgan fingerprint density at radius 1 is 1.30 bits per heavy atom. The van der Waals surface area contributed by atoms with Crippen molar-refractivity contribution in [2.75, 3.05) is 6.54 Å². The number of rotatable bonds is 5. The quantitative estimate of drug-likeness (QED) is 0.620. The number of hydrogen-bond donors (Lipinski definition) is 1. The van der Waals surface area contributed by atoms with Crippen molar-refractivity contribution in [1.82, 2.24) is 5.32 Å². The summed E-state index contributed by atoms with van der Waals surface area (Å²) in [5.41, 5.74) is 1.39. The SMILES string of the molecule is CC/C=C(\CC)NCCC. The summed E-state index contributed by atoms with van der Waals surface area (Å²) in [7, 11) is 0. The highest BCUT2D eigenvalue weighted by Crippen LogP contribution is 1.96. The first-order valence-electron chi connectivity index (χ1n) is 4.28. The monoisotopic (exact) mass is 141 g/mol. The van der Waals surface area contributed by atoms with E-state index in [1.807, 2.05) is 0 Å². The van der Waals surface area contributed by atoms with Crippen LogP contribution < -0.4 is 5.32 Å². The van der Waals surface area contributed by atoms with Gasteiger partial charge in [0.15, 0.2) is 0 Å². The summed E-state index contributed by atoms with van der Waals surface area (Å²) in [5, 5.41) is 3.38. The van der Waals surface area contributed by atoms with Crippen LogP contribution in [0.25, 0.3) is 0 Å². The summed E-state index contributed by atoms with van der Waals surface area (Å²) in [4.78, 5) is 0. The second kappa shape index (κ2) is 6.66. The molecule has 0 saturated carbocycles. The van der Waals surface area contributed by atoms with Gasteiger partial charge in [-0.15, -0.1) is 0 Å². The van der Waals surface area contributed by atoms with Crippen molar-refractivity contribution in [2.45, 2.75) is 40.0 Å². The van der Waals surface area contributed by atoms with E-state index < -0.39 is 0 Å². The molecule has 0 amide bonds. The highest BCUT2D eigenvalue weighted by atomic mass is 14.9. The predicted molar refractivity (Wildman–Crippen MR) is 47.0 cm³/mol. The maximum absolute atomic E-state index is 3.38. The molecule has 0 aromatic heterocycles. The largest absolute Gasteiger partial charge is 0.389 e. The summed E-state index contributed by atoms with van der Waals surface area (Å²) >= 11 is 0. The van der Waals surface area contributed by atoms with Crippen LogP contribution in [0.3, 0.4) is 0 Å². The minimum absolute atomic E-state index is 1.11. The van der Waals surface area contributed by atoms with Gasteiger partial charge >= 0.3 is 0 Å². The summed E-state index contributed by atoms with van der Waals surface area (Å²) in [6.07, 6.45) is 5.74. The molecule has 0 fully saturated rings. The average Bonchev–Trinajstić information content (AvgIpc) is 1.98. The van der Waals surface area contributed by atoms with E-state index in [0.717, 1.165) is 19.4 Å². The van der Waals surface area contributed by atoms with Crippen LogP contribution in [0.2, 0.25) is 0 Å². The Bertz CT molecular complexity index is 94.9. The van der Waals surface area contributed by atoms with Gasteiger partial charge in [-0.1, -0.05) is 26.8 Å². The van der Waals surface area contributed by atoms with Crippen LogP contribution in [0.1, 0.15) is 40.0 Å². The topological polar surface area (TPSA) is 12.0 Å². The van der Waals surface area contributed by atoms with E-state index in [4.69, 9.17) is 0 Å². The lowest BCUT2D eigenvalue weighted by Crippen LogP contribution is -2.13. The van der Waals surface area contributed by atoms with Crippen LogP contribution >= 0.6 is 0 Å². The van der Waals surface area contributed by atoms with Crippen molar-refractivity contribution in [2.24, 2.45) is 0 Å². The average molecular weight is 141 g/mol. The van der Waals surface area contributed by atoms with Crippen molar-refractivity contribution < 1.29 is 0 Å². The molecule has 0 spiro atoms. The smallest absolute Gasteiger partial charge is 0.0141 e. The van der Waals surface area contributed by atoms with Gasteiger partial charge in [0.1, 0.15) is 0 Å². The Morgan fingerprint density at radius 3 is 2.40 bits per heavy atom. The fourth-order valence-electron chi connectivity index (χ4n) is 0.873. The molecule has 10 heavy (non-hydrogen) atoms. The molecule has 1 nitrogen and oxygen atoms in total. The summed E-state index contributed by atoms with van der Waals surface area (Å²) in [6.45, 7) is 7.65. The van der Waals surface area contributed by atoms with Crippen molar-refractivity contribution in [3.05, 3.63) is 11.8 Å². The van der Waals surface area contributed by atoms with Crippen molar-refractivity contribution >= 4 is 0 Å². The van der Waals surface area contributed by atoms with Gasteiger partial charge in [-0.25, -0.2) is 0 Å². The number of nitrogens with one attached hydrogen (secondary N) is 1. The molecule has 0 rings (SSSR count). The van der Waals surface area contributed by atoms with Crippen molar-refractivity contribution in [3.8, 4) is 0 Å². The van der Waals surface area contributed by atoms with Gasteiger partial charge in [0, 0.05) is 12.2 Å². The zero-order valence-corrected chi connectivity index (χ0v) is 7.41. The van der Waals surface area contributed by atoms with Crippen LogP contribution in [-0.2, 0) is 0 Å². The zero-order valence-electron chi connectivity index (χ0n) is 7.41. The number of hydrogen-bond acceptors (Lipinski definition) is 1. The van der Waals surface area contributed by atoms with Gasteiger partial charge in [0.25, 0.3) is 0 Å². The molecule has 0 atom stereocenters. The first-order chi connectivity index (χ1) is 4.85. The lowest BCUT2D eigenvalue weighted by Gasteiger charge is -2.06. The molecule has 0 aromatic rings. The van der Waals surface area contributed by atoms with Crippen LogP contribution in [0, 0.1) is 0 Å². The fourth-order valence-corrected chi connectivity index (χ4v) is 0.873. The molecule has 0 bridgehead atoms. The van der Waals surface area contributed by atoms with Crippen molar-refractivity contribution in [3.63, 3.8) is 0 Å². The van der Waals surface area contributed by atoms with Gasteiger partial charge in [-0.05, 0) is 19.3 Å². The predicted octanol–water partition coefficient (Wildman–Crippen LogP) is 2.69. The van der Waals surface area contributed by atoms with Crippen LogP contribution in [0.5, 0.6) is 0 Å². The minimum Gasteiger partial charge on any atom is -0.389 e. The maximum Gasteiger partial charge on any atom is 0.0141 e. The van der Waals surface area contributed by atoms with E-state index in [-0.39, 0.29) is 0 Å². The van der Waals surface area contributed by atoms with E-state index in [1.165, 1.54) is 12.1 Å². The highest BCUT2D eigenvalue weighted by Gasteiger charge is 1.88. The number of allylic oxidation sites excluding steroid dienone is 2. The van der Waals surface area contributed by atoms with Crippen molar-refractivity contribution in [1.29, 1.82) is 0 Å². The molecule has 0 aliphatic rings. The molecule has 1 N–H and O–H groups in total. The molecule has 1 heteroatoms. The molecule has 60 valence electrons. The van der Waals surface area contributed by atoms with Gasteiger partial charge in [-0.3, -0.25) is 0 Å². The fraction of sp³-hybridized carbons (Fsp3) is 0.778. The van der Waals surface area contributed by atoms with E-state index in [0.29, 0.717) is 0 Å². The molecule has 0 heterocycles. The normalized spacial score (nSPS) is 11.7. The van der Waals surface area contributed by atoms with E-state index in [2.05, 4.69) is 32.2 Å². The van der Waals surface area contributed by atoms with E-state index >= 15 is 0 Å². The zero-order chi connectivity index (χ0) is 7.82. The third kappa shape index (κ3) is 4.42. The standard InChI is InChI=1S/C9H19N/c1-4-7-9(6-3)10-8-5-2/h7,10H,4-6,8H2,1-3H3/b9-7+. The first kappa shape index (κ1) is 9.54. The lowest BCUT2D eigenvalue weighted by atomic mass is 10.3. The van der Waals surface area contributed by atoms with Crippen LogP contribution in [0.4, 0.5) is 0 Å². The molecular formula is C9H19N. The Kier molecular flexibility index (Phi) is 6.35. The molecule has 0 radical (unpaired) electrons. The van der Waals surface area contributed by atoms with Gasteiger partial charge in [0.2, 0.25) is 0 Å². The maximum atomic E-state index is 3.38. The van der Waals surface area contributed by atoms with E-state index in [9.17, 15) is 0 Å².